The number of nitrogens with two attached hydrogens (primary N) is 1. The number of anilines is 2. The average Bonchev–Trinajstić information content (AvgIpc) is 2.87. The summed E-state index contributed by atoms with van der Waals surface area (Å²) >= 11 is 1.56. The van der Waals surface area contributed by atoms with Crippen molar-refractivity contribution in [3.8, 4) is 27.4 Å². The van der Waals surface area contributed by atoms with E-state index in [1.807, 2.05) is 89.2 Å². The summed E-state index contributed by atoms with van der Waals surface area (Å²) in [6.07, 6.45) is 3.28. The number of thiazole rings is 1. The van der Waals surface area contributed by atoms with Gasteiger partial charge in [-0.15, -0.1) is 11.3 Å². The van der Waals surface area contributed by atoms with E-state index in [1.54, 1.807) is 47.1 Å². The van der Waals surface area contributed by atoms with Gasteiger partial charge in [-0.25, -0.2) is 28.8 Å². The number of para-hydroxylation sites is 1. The van der Waals surface area contributed by atoms with Crippen molar-refractivity contribution in [2.75, 3.05) is 149 Å². The summed E-state index contributed by atoms with van der Waals surface area (Å²) in [6, 6.07) is 22.1. The average molecular weight is 1250 g/mol. The van der Waals surface area contributed by atoms with Crippen LogP contribution in [0.5, 0.6) is 0 Å². The number of aromatic nitrogens is 5. The fraction of sp³-hybridized carbons (Fsp3) is 0.492. The standard InChI is InChI=1S/C63H82FN13O11S/c1-43-58(72-77(50-10-5-4-6-11-50)61(43)71-63(82)70-53-41-73(22-25-83-3)40-52(53)47-8-7-9-49(64)34-47)48-37-67-62(68-38-48)75-20-18-74(19-21-75)57(80)16-23-84-26-28-86-30-32-88-33-31-87-29-27-85-24-17-66-56(79)36-54(76-39-51(78)35-55(76)60(65)81)45-12-14-46(15-13-45)59-44(2)69-42-89-59/h4-15,34,37-38,42,51-55,78H,16-33,35-36,39-41H2,1-3H3,(H2,65,81)(H,66,79)(H2,70,71,82)/t51?,52-,53+,54-,55?/m0/s1. The number of aliphatic hydroxyl groups excluding tert-OH is 1. The van der Waals surface area contributed by atoms with Crippen LogP contribution in [0.2, 0.25) is 0 Å². The molecular formula is C63H82FN13O11S. The Morgan fingerprint density at radius 1 is 0.775 bits per heavy atom. The predicted molar refractivity (Wildman–Crippen MR) is 333 cm³/mol. The fourth-order valence-corrected chi connectivity index (χ4v) is 12.2. The lowest BCUT2D eigenvalue weighted by molar-refractivity contribution is -0.132. The molecule has 2 unspecified atom stereocenters. The second kappa shape index (κ2) is 33.5. The van der Waals surface area contributed by atoms with Gasteiger partial charge in [0.1, 0.15) is 17.3 Å². The number of rotatable bonds is 33. The molecule has 24 nitrogen and oxygen atoms in total. The van der Waals surface area contributed by atoms with Crippen molar-refractivity contribution >= 4 is 46.9 Å². The normalized spacial score (nSPS) is 18.3. The number of carbonyl (C=O) groups excluding carboxylic acids is 4. The Hall–Kier alpha value is -7.37. The minimum Gasteiger partial charge on any atom is -0.392 e. The molecule has 6 N–H and O–H groups in total. The van der Waals surface area contributed by atoms with Gasteiger partial charge < -0.3 is 59.7 Å². The minimum atomic E-state index is -0.720. The van der Waals surface area contributed by atoms with Crippen molar-refractivity contribution in [2.24, 2.45) is 5.73 Å². The molecule has 0 spiro atoms. The van der Waals surface area contributed by atoms with Gasteiger partial charge in [-0.1, -0.05) is 54.6 Å². The third-order valence-corrected chi connectivity index (χ3v) is 17.0. The molecule has 5 amide bonds. The number of benzene rings is 3. The summed E-state index contributed by atoms with van der Waals surface area (Å²) in [5, 5.41) is 24.6. The van der Waals surface area contributed by atoms with Crippen molar-refractivity contribution in [3.05, 3.63) is 125 Å². The van der Waals surface area contributed by atoms with Crippen molar-refractivity contribution in [1.29, 1.82) is 0 Å². The van der Waals surface area contributed by atoms with E-state index < -0.39 is 30.1 Å². The molecule has 0 saturated carbocycles. The molecule has 0 bridgehead atoms. The molecule has 3 fully saturated rings. The zero-order valence-corrected chi connectivity index (χ0v) is 51.6. The number of hydrogen-bond acceptors (Lipinski definition) is 19. The topological polar surface area (TPSA) is 275 Å². The van der Waals surface area contributed by atoms with Crippen molar-refractivity contribution in [1.82, 2.24) is 50.1 Å². The van der Waals surface area contributed by atoms with Gasteiger partial charge in [-0.2, -0.15) is 5.10 Å². The summed E-state index contributed by atoms with van der Waals surface area (Å²) in [7, 11) is 1.65. The smallest absolute Gasteiger partial charge is 0.320 e. The Morgan fingerprint density at radius 3 is 2.09 bits per heavy atom. The third-order valence-electron chi connectivity index (χ3n) is 16.0. The molecule has 0 radical (unpaired) electrons. The number of nitrogens with one attached hydrogen (secondary N) is 3. The lowest BCUT2D eigenvalue weighted by Crippen LogP contribution is -2.49. The lowest BCUT2D eigenvalue weighted by Gasteiger charge is -2.34. The molecule has 3 aliphatic rings. The van der Waals surface area contributed by atoms with Crippen LogP contribution in [0, 0.1) is 19.7 Å². The number of piperazine rings is 1. The number of ether oxygens (including phenoxy) is 6. The molecule has 89 heavy (non-hydrogen) atoms. The second-order valence-electron chi connectivity index (χ2n) is 22.1. The first-order valence-electron chi connectivity index (χ1n) is 30.3. The number of β-amino-alcohol motifs (C(OH)–C–C–N with tert-alkyl or cyclic N) is 1. The van der Waals surface area contributed by atoms with Crippen LogP contribution in [0.25, 0.3) is 27.4 Å². The van der Waals surface area contributed by atoms with Gasteiger partial charge in [0.25, 0.3) is 0 Å². The molecule has 478 valence electrons. The summed E-state index contributed by atoms with van der Waals surface area (Å²) in [5.74, 6) is -0.160. The molecule has 5 atom stereocenters. The van der Waals surface area contributed by atoms with E-state index in [2.05, 4.69) is 25.8 Å². The number of urea groups is 1. The van der Waals surface area contributed by atoms with Crippen molar-refractivity contribution < 1.29 is 57.1 Å². The van der Waals surface area contributed by atoms with Crippen LogP contribution in [-0.4, -0.2) is 225 Å². The van der Waals surface area contributed by atoms with Gasteiger partial charge in [-0.3, -0.25) is 29.5 Å². The Balaban J connectivity index is 0.607. The second-order valence-corrected chi connectivity index (χ2v) is 23.0. The number of carbonyl (C=O) groups is 4. The molecule has 3 aromatic heterocycles. The van der Waals surface area contributed by atoms with Gasteiger partial charge in [0.05, 0.1) is 119 Å². The Labute approximate surface area is 522 Å². The van der Waals surface area contributed by atoms with Gasteiger partial charge >= 0.3 is 6.03 Å². The molecule has 6 heterocycles. The highest BCUT2D eigenvalue weighted by molar-refractivity contribution is 7.13. The maximum Gasteiger partial charge on any atom is 0.320 e. The largest absolute Gasteiger partial charge is 0.392 e. The summed E-state index contributed by atoms with van der Waals surface area (Å²) in [6.45, 7) is 12.5. The Kier molecular flexibility index (Phi) is 24.8. The minimum absolute atomic E-state index is 0.0130. The van der Waals surface area contributed by atoms with Crippen LogP contribution < -0.4 is 26.6 Å². The molecule has 6 aromatic rings. The van der Waals surface area contributed by atoms with E-state index >= 15 is 0 Å². The molecular weight excluding hydrogens is 1170 g/mol. The SMILES string of the molecule is COCCN1C[C@@H](NC(=O)Nc2c(C)c(-c3cnc(N4CCN(C(=O)CCOCCOCCOCCOCCOCCNC(=O)C[C@@H](c5ccc(-c6scnc6C)cc5)N5CC(O)CC5C(N)=O)CC4)nc3)nn2-c2ccccc2)[C@H](c2cccc(F)c2)C1. The maximum atomic E-state index is 14.4. The first-order valence-corrected chi connectivity index (χ1v) is 31.1. The number of methoxy groups -OCH3 is 1. The molecule has 3 aliphatic heterocycles. The number of hydrogen-bond donors (Lipinski definition) is 5. The maximum absolute atomic E-state index is 14.4. The quantitative estimate of drug-likeness (QED) is 0.0348. The van der Waals surface area contributed by atoms with Crippen LogP contribution in [0.15, 0.2) is 96.8 Å². The Bertz CT molecular complexity index is 3210. The van der Waals surface area contributed by atoms with Gasteiger partial charge in [0.15, 0.2) is 0 Å². The zero-order valence-electron chi connectivity index (χ0n) is 50.8. The highest BCUT2D eigenvalue weighted by atomic mass is 32.1. The number of amides is 5. The monoisotopic (exact) mass is 1250 g/mol. The number of halogens is 1. The summed E-state index contributed by atoms with van der Waals surface area (Å²) < 4.78 is 49.6. The van der Waals surface area contributed by atoms with E-state index in [-0.39, 0.29) is 68.6 Å². The van der Waals surface area contributed by atoms with Gasteiger partial charge in [0, 0.05) is 108 Å². The predicted octanol–water partition coefficient (Wildman–Crippen LogP) is 4.73. The molecule has 3 saturated heterocycles. The molecule has 0 aliphatic carbocycles. The third kappa shape index (κ3) is 18.6. The summed E-state index contributed by atoms with van der Waals surface area (Å²) in [4.78, 5) is 75.3. The lowest BCUT2D eigenvalue weighted by atomic mass is 9.94. The number of nitrogens with zero attached hydrogens (tertiary/aromatic N) is 9. The van der Waals surface area contributed by atoms with Crippen molar-refractivity contribution in [2.45, 2.75) is 63.3 Å². The summed E-state index contributed by atoms with van der Waals surface area (Å²) in [5.41, 5.74) is 13.9. The highest BCUT2D eigenvalue weighted by Crippen LogP contribution is 2.36. The van der Waals surface area contributed by atoms with Gasteiger partial charge in [0.2, 0.25) is 23.7 Å². The van der Waals surface area contributed by atoms with Crippen LogP contribution >= 0.6 is 11.3 Å². The van der Waals surface area contributed by atoms with E-state index in [1.165, 1.54) is 12.1 Å². The first-order chi connectivity index (χ1) is 43.3. The zero-order chi connectivity index (χ0) is 62.5. The highest BCUT2D eigenvalue weighted by Gasteiger charge is 2.40. The van der Waals surface area contributed by atoms with Crippen molar-refractivity contribution in [3.63, 3.8) is 0 Å². The molecule has 3 aromatic carbocycles. The van der Waals surface area contributed by atoms with E-state index in [0.29, 0.717) is 135 Å². The number of likely N-dealkylation sites (tertiary alicyclic amines) is 2. The van der Waals surface area contributed by atoms with E-state index in [0.717, 1.165) is 38.5 Å². The first kappa shape index (κ1) is 66.1. The molecule has 26 heteroatoms. The number of aliphatic hydroxyl groups is 1. The molecule has 9 rings (SSSR count). The van der Waals surface area contributed by atoms with Crippen LogP contribution in [0.4, 0.5) is 21.0 Å². The van der Waals surface area contributed by atoms with Crippen LogP contribution in [-0.2, 0) is 42.8 Å². The number of aryl methyl sites for hydroxylation is 1. The fourth-order valence-electron chi connectivity index (χ4n) is 11.4. The Morgan fingerprint density at radius 2 is 1.45 bits per heavy atom. The van der Waals surface area contributed by atoms with Crippen LogP contribution in [0.3, 0.4) is 0 Å². The van der Waals surface area contributed by atoms with E-state index in [9.17, 15) is 28.7 Å². The van der Waals surface area contributed by atoms with Gasteiger partial charge in [-0.05, 0) is 61.2 Å². The number of primary amides is 1. The van der Waals surface area contributed by atoms with Crippen LogP contribution in [0.1, 0.15) is 53.6 Å². The van der Waals surface area contributed by atoms with E-state index in [4.69, 9.17) is 49.2 Å².